The first-order valence-corrected chi connectivity index (χ1v) is 4.88. The van der Waals surface area contributed by atoms with Crippen molar-refractivity contribution in [1.29, 1.82) is 0 Å². The fourth-order valence-corrected chi connectivity index (χ4v) is 1.32. The van der Waals surface area contributed by atoms with Crippen LogP contribution in [-0.4, -0.2) is 22.0 Å². The molecule has 0 aromatic carbocycles. The molecule has 0 saturated carbocycles. The van der Waals surface area contributed by atoms with Crippen molar-refractivity contribution in [2.45, 2.75) is 13.5 Å². The van der Waals surface area contributed by atoms with E-state index in [1.54, 1.807) is 11.6 Å². The van der Waals surface area contributed by atoms with Gasteiger partial charge in [-0.15, -0.1) is 11.3 Å². The van der Waals surface area contributed by atoms with Crippen LogP contribution < -0.4 is 5.32 Å². The molecule has 0 bridgehead atoms. The van der Waals surface area contributed by atoms with Crippen LogP contribution in [0.4, 0.5) is 0 Å². The highest BCUT2D eigenvalue weighted by molar-refractivity contribution is 7.09. The fraction of sp³-hybridized carbons (Fsp3) is 0.375. The number of carbonyl (C=O) groups excluding carboxylic acids is 1. The third-order valence-corrected chi connectivity index (χ3v) is 2.44. The Balaban J connectivity index is 2.39. The smallest absolute Gasteiger partial charge is 0.315 e. The maximum Gasteiger partial charge on any atom is 0.315 e. The summed E-state index contributed by atoms with van der Waals surface area (Å²) in [6.45, 7) is 1.63. The fourth-order valence-electron chi connectivity index (χ4n) is 0.768. The minimum atomic E-state index is -1.12. The lowest BCUT2D eigenvalue weighted by atomic mass is 10.2. The molecule has 6 heteroatoms. The number of carboxylic acid groups (broad SMARTS) is 1. The van der Waals surface area contributed by atoms with Gasteiger partial charge in [-0.1, -0.05) is 0 Å². The molecule has 1 amide bonds. The summed E-state index contributed by atoms with van der Waals surface area (Å²) < 4.78 is 0. The van der Waals surface area contributed by atoms with E-state index in [2.05, 4.69) is 10.3 Å². The highest BCUT2D eigenvalue weighted by atomic mass is 32.1. The summed E-state index contributed by atoms with van der Waals surface area (Å²) in [6.07, 6.45) is 1.63. The first-order valence-electron chi connectivity index (χ1n) is 4.00. The average molecular weight is 214 g/mol. The first kappa shape index (κ1) is 10.6. The van der Waals surface area contributed by atoms with Gasteiger partial charge in [0.2, 0.25) is 5.91 Å². The summed E-state index contributed by atoms with van der Waals surface area (Å²) in [5.41, 5.74) is 0. The lowest BCUT2D eigenvalue weighted by Crippen LogP contribution is -2.33. The van der Waals surface area contributed by atoms with Crippen molar-refractivity contribution in [2.24, 2.45) is 5.92 Å². The largest absolute Gasteiger partial charge is 0.481 e. The highest BCUT2D eigenvalue weighted by Gasteiger charge is 2.19. The third kappa shape index (κ3) is 2.81. The molecular formula is C8H10N2O3S. The molecule has 0 aliphatic carbocycles. The predicted molar refractivity (Wildman–Crippen MR) is 50.8 cm³/mol. The van der Waals surface area contributed by atoms with Gasteiger partial charge in [0.15, 0.2) is 0 Å². The summed E-state index contributed by atoms with van der Waals surface area (Å²) in [5, 5.41) is 13.6. The van der Waals surface area contributed by atoms with Crippen LogP contribution in [0.1, 0.15) is 11.9 Å². The van der Waals surface area contributed by atoms with Crippen LogP contribution in [-0.2, 0) is 16.1 Å². The number of nitrogens with zero attached hydrogens (tertiary/aromatic N) is 1. The number of nitrogens with one attached hydrogen (secondary N) is 1. The highest BCUT2D eigenvalue weighted by Crippen LogP contribution is 2.03. The van der Waals surface area contributed by atoms with Crippen LogP contribution in [0.15, 0.2) is 11.6 Å². The van der Waals surface area contributed by atoms with Gasteiger partial charge in [-0.2, -0.15) is 0 Å². The molecule has 14 heavy (non-hydrogen) atoms. The number of hydrogen-bond acceptors (Lipinski definition) is 4. The van der Waals surface area contributed by atoms with Crippen molar-refractivity contribution in [2.75, 3.05) is 0 Å². The van der Waals surface area contributed by atoms with Gasteiger partial charge in [0.05, 0.1) is 6.54 Å². The number of aromatic nitrogens is 1. The van der Waals surface area contributed by atoms with Crippen molar-refractivity contribution in [1.82, 2.24) is 10.3 Å². The lowest BCUT2D eigenvalue weighted by Gasteiger charge is -2.05. The normalized spacial score (nSPS) is 12.1. The van der Waals surface area contributed by atoms with E-state index in [-0.39, 0.29) is 6.54 Å². The second kappa shape index (κ2) is 4.71. The molecule has 0 radical (unpaired) electrons. The van der Waals surface area contributed by atoms with E-state index in [9.17, 15) is 9.59 Å². The van der Waals surface area contributed by atoms with E-state index in [0.717, 1.165) is 5.01 Å². The number of rotatable bonds is 4. The number of carbonyl (C=O) groups is 2. The first-order chi connectivity index (χ1) is 6.61. The van der Waals surface area contributed by atoms with Crippen LogP contribution in [0.25, 0.3) is 0 Å². The predicted octanol–water partition coefficient (Wildman–Crippen LogP) is 0.480. The average Bonchev–Trinajstić information content (AvgIpc) is 2.65. The van der Waals surface area contributed by atoms with Crippen LogP contribution in [0, 0.1) is 5.92 Å². The zero-order valence-electron chi connectivity index (χ0n) is 7.56. The molecule has 1 heterocycles. The summed E-state index contributed by atoms with van der Waals surface area (Å²) in [6, 6.07) is 0. The van der Waals surface area contributed by atoms with Gasteiger partial charge in [-0.3, -0.25) is 9.59 Å². The minimum Gasteiger partial charge on any atom is -0.481 e. The van der Waals surface area contributed by atoms with Crippen molar-refractivity contribution in [3.8, 4) is 0 Å². The van der Waals surface area contributed by atoms with Crippen molar-refractivity contribution < 1.29 is 14.7 Å². The maximum atomic E-state index is 11.2. The van der Waals surface area contributed by atoms with Gasteiger partial charge in [0, 0.05) is 11.6 Å². The lowest BCUT2D eigenvalue weighted by molar-refractivity contribution is -0.146. The molecule has 0 spiro atoms. The molecule has 1 aromatic heterocycles. The molecule has 1 aromatic rings. The molecule has 1 atom stereocenters. The summed E-state index contributed by atoms with van der Waals surface area (Å²) in [7, 11) is 0. The quantitative estimate of drug-likeness (QED) is 0.714. The standard InChI is InChI=1S/C8H10N2O3S/c1-5(8(12)13)7(11)10-4-6-9-2-3-14-6/h2-3,5H,4H2,1H3,(H,10,11)(H,12,13). The Morgan fingerprint density at radius 3 is 2.93 bits per heavy atom. The van der Waals surface area contributed by atoms with E-state index in [1.165, 1.54) is 18.3 Å². The molecule has 5 nitrogen and oxygen atoms in total. The van der Waals surface area contributed by atoms with Gasteiger partial charge >= 0.3 is 5.97 Å². The molecule has 0 fully saturated rings. The second-order valence-corrected chi connectivity index (χ2v) is 3.68. The van der Waals surface area contributed by atoms with Gasteiger partial charge in [0.1, 0.15) is 10.9 Å². The summed E-state index contributed by atoms with van der Waals surface area (Å²) in [5.74, 6) is -2.63. The van der Waals surface area contributed by atoms with E-state index in [4.69, 9.17) is 5.11 Å². The molecular weight excluding hydrogens is 204 g/mol. The molecule has 1 unspecified atom stereocenters. The zero-order chi connectivity index (χ0) is 10.6. The maximum absolute atomic E-state index is 11.2. The van der Waals surface area contributed by atoms with Crippen molar-refractivity contribution in [3.63, 3.8) is 0 Å². The SMILES string of the molecule is CC(C(=O)O)C(=O)NCc1nccs1. The van der Waals surface area contributed by atoms with E-state index >= 15 is 0 Å². The van der Waals surface area contributed by atoms with Gasteiger partial charge < -0.3 is 10.4 Å². The van der Waals surface area contributed by atoms with Crippen LogP contribution in [0.5, 0.6) is 0 Å². The Kier molecular flexibility index (Phi) is 3.58. The van der Waals surface area contributed by atoms with E-state index in [1.807, 2.05) is 0 Å². The number of thiazole rings is 1. The Labute approximate surface area is 84.8 Å². The number of aliphatic carboxylic acids is 1. The topological polar surface area (TPSA) is 79.3 Å². The van der Waals surface area contributed by atoms with Crippen LogP contribution in [0.3, 0.4) is 0 Å². The molecule has 76 valence electrons. The summed E-state index contributed by atoms with van der Waals surface area (Å²) in [4.78, 5) is 25.5. The van der Waals surface area contributed by atoms with E-state index in [0.29, 0.717) is 0 Å². The monoisotopic (exact) mass is 214 g/mol. The number of carboxylic acids is 1. The summed E-state index contributed by atoms with van der Waals surface area (Å²) >= 11 is 1.41. The van der Waals surface area contributed by atoms with Crippen LogP contribution >= 0.6 is 11.3 Å². The third-order valence-electron chi connectivity index (χ3n) is 1.66. The molecule has 0 saturated heterocycles. The Morgan fingerprint density at radius 1 is 1.71 bits per heavy atom. The van der Waals surface area contributed by atoms with Crippen molar-refractivity contribution >= 4 is 23.2 Å². The van der Waals surface area contributed by atoms with Crippen LogP contribution in [0.2, 0.25) is 0 Å². The molecule has 1 rings (SSSR count). The number of amides is 1. The van der Waals surface area contributed by atoms with Gasteiger partial charge in [0.25, 0.3) is 0 Å². The van der Waals surface area contributed by atoms with E-state index < -0.39 is 17.8 Å². The Hall–Kier alpha value is -1.43. The van der Waals surface area contributed by atoms with Gasteiger partial charge in [-0.05, 0) is 6.92 Å². The minimum absolute atomic E-state index is 0.286. The second-order valence-electron chi connectivity index (χ2n) is 2.70. The van der Waals surface area contributed by atoms with Crippen molar-refractivity contribution in [3.05, 3.63) is 16.6 Å². The zero-order valence-corrected chi connectivity index (χ0v) is 8.37. The molecule has 0 aliphatic rings. The molecule has 0 aliphatic heterocycles. The Bertz CT molecular complexity index is 323. The molecule has 2 N–H and O–H groups in total. The number of hydrogen-bond donors (Lipinski definition) is 2. The van der Waals surface area contributed by atoms with Gasteiger partial charge in [-0.25, -0.2) is 4.98 Å². The Morgan fingerprint density at radius 2 is 2.43 bits per heavy atom.